The van der Waals surface area contributed by atoms with Crippen LogP contribution in [0.15, 0.2) is 66.1 Å². The van der Waals surface area contributed by atoms with Crippen molar-refractivity contribution in [2.75, 3.05) is 6.54 Å². The van der Waals surface area contributed by atoms with Crippen LogP contribution in [0.2, 0.25) is 5.02 Å². The smallest absolute Gasteiger partial charge is 0.216 e. The maximum Gasteiger partial charge on any atom is 0.216 e. The SMILES string of the molecule is CC(=O)NCCc1ccc(C(=O)[C@H](C)Sc2nccn2-c2ccc(Cl)cc2)cc1. The summed E-state index contributed by atoms with van der Waals surface area (Å²) in [5.41, 5.74) is 2.68. The van der Waals surface area contributed by atoms with Crippen molar-refractivity contribution >= 4 is 35.1 Å². The predicted octanol–water partition coefficient (Wildman–Crippen LogP) is 4.57. The molecule has 29 heavy (non-hydrogen) atoms. The summed E-state index contributed by atoms with van der Waals surface area (Å²) in [5, 5.41) is 3.91. The van der Waals surface area contributed by atoms with E-state index in [0.717, 1.165) is 22.8 Å². The first-order valence-corrected chi connectivity index (χ1v) is 10.5. The molecule has 0 aliphatic carbocycles. The largest absolute Gasteiger partial charge is 0.356 e. The second kappa shape index (κ2) is 9.76. The highest BCUT2D eigenvalue weighted by Gasteiger charge is 2.19. The van der Waals surface area contributed by atoms with Crippen LogP contribution >= 0.6 is 23.4 Å². The minimum absolute atomic E-state index is 0.0420. The van der Waals surface area contributed by atoms with Gasteiger partial charge in [0.1, 0.15) is 0 Å². The van der Waals surface area contributed by atoms with Crippen LogP contribution < -0.4 is 5.32 Å². The summed E-state index contributed by atoms with van der Waals surface area (Å²) < 4.78 is 1.94. The number of carbonyl (C=O) groups is 2. The number of rotatable bonds is 8. The molecule has 0 spiro atoms. The Kier molecular flexibility index (Phi) is 7.12. The fourth-order valence-electron chi connectivity index (χ4n) is 2.84. The summed E-state index contributed by atoms with van der Waals surface area (Å²) in [6.07, 6.45) is 4.32. The number of halogens is 1. The van der Waals surface area contributed by atoms with E-state index in [0.29, 0.717) is 17.1 Å². The average molecular weight is 428 g/mol. The Morgan fingerprint density at radius 2 is 1.83 bits per heavy atom. The van der Waals surface area contributed by atoms with E-state index in [4.69, 9.17) is 11.6 Å². The molecular formula is C22H22ClN3O2S. The van der Waals surface area contributed by atoms with Gasteiger partial charge < -0.3 is 5.32 Å². The first kappa shape index (κ1) is 21.1. The lowest BCUT2D eigenvalue weighted by atomic mass is 10.0. The van der Waals surface area contributed by atoms with Crippen LogP contribution in [-0.2, 0) is 11.2 Å². The first-order chi connectivity index (χ1) is 13.9. The van der Waals surface area contributed by atoms with Gasteiger partial charge in [-0.1, -0.05) is 47.6 Å². The predicted molar refractivity (Wildman–Crippen MR) is 117 cm³/mol. The number of thioether (sulfide) groups is 1. The van der Waals surface area contributed by atoms with Crippen molar-refractivity contribution in [3.63, 3.8) is 0 Å². The van der Waals surface area contributed by atoms with Crippen LogP contribution in [0.3, 0.4) is 0 Å². The third-order valence-electron chi connectivity index (χ3n) is 4.39. The maximum atomic E-state index is 12.8. The number of ketones is 1. The van der Waals surface area contributed by atoms with Gasteiger partial charge in [-0.15, -0.1) is 0 Å². The zero-order valence-electron chi connectivity index (χ0n) is 16.3. The third-order valence-corrected chi connectivity index (χ3v) is 5.72. The quantitative estimate of drug-likeness (QED) is 0.422. The van der Waals surface area contributed by atoms with E-state index in [1.807, 2.05) is 66.2 Å². The van der Waals surface area contributed by atoms with Crippen LogP contribution in [0.4, 0.5) is 0 Å². The zero-order valence-corrected chi connectivity index (χ0v) is 17.8. The van der Waals surface area contributed by atoms with E-state index < -0.39 is 0 Å². The maximum absolute atomic E-state index is 12.8. The van der Waals surface area contributed by atoms with E-state index in [-0.39, 0.29) is 16.9 Å². The summed E-state index contributed by atoms with van der Waals surface area (Å²) in [5.74, 6) is 0.00803. The van der Waals surface area contributed by atoms with Gasteiger partial charge in [-0.2, -0.15) is 0 Å². The third kappa shape index (κ3) is 5.71. The average Bonchev–Trinajstić information content (AvgIpc) is 3.16. The number of benzene rings is 2. The molecule has 0 aliphatic heterocycles. The lowest BCUT2D eigenvalue weighted by molar-refractivity contribution is -0.118. The molecule has 0 fully saturated rings. The van der Waals surface area contributed by atoms with E-state index in [9.17, 15) is 9.59 Å². The Morgan fingerprint density at radius 1 is 1.14 bits per heavy atom. The molecule has 3 aromatic rings. The second-order valence-corrected chi connectivity index (χ2v) is 8.35. The summed E-state index contributed by atoms with van der Waals surface area (Å²) in [6.45, 7) is 3.97. The summed E-state index contributed by atoms with van der Waals surface area (Å²) in [4.78, 5) is 28.2. The first-order valence-electron chi connectivity index (χ1n) is 9.27. The van der Waals surface area contributed by atoms with Crippen molar-refractivity contribution in [1.82, 2.24) is 14.9 Å². The molecule has 1 heterocycles. The number of aromatic nitrogens is 2. The number of carbonyl (C=O) groups excluding carboxylic acids is 2. The number of imidazole rings is 1. The lowest BCUT2D eigenvalue weighted by Crippen LogP contribution is -2.22. The molecule has 0 radical (unpaired) electrons. The normalized spacial score (nSPS) is 11.8. The van der Waals surface area contributed by atoms with E-state index in [1.54, 1.807) is 6.20 Å². The van der Waals surface area contributed by atoms with Gasteiger partial charge in [-0.05, 0) is 43.2 Å². The van der Waals surface area contributed by atoms with Crippen molar-refractivity contribution in [3.8, 4) is 5.69 Å². The second-order valence-electron chi connectivity index (χ2n) is 6.61. The monoisotopic (exact) mass is 427 g/mol. The van der Waals surface area contributed by atoms with Gasteiger partial charge >= 0.3 is 0 Å². The van der Waals surface area contributed by atoms with Crippen molar-refractivity contribution < 1.29 is 9.59 Å². The number of Topliss-reactive ketones (excluding diaryl/α,β-unsaturated/α-hetero) is 1. The minimum atomic E-state index is -0.284. The molecule has 0 unspecified atom stereocenters. The molecule has 150 valence electrons. The molecule has 1 N–H and O–H groups in total. The van der Waals surface area contributed by atoms with Crippen LogP contribution in [0, 0.1) is 0 Å². The van der Waals surface area contributed by atoms with Gasteiger partial charge in [0.2, 0.25) is 5.91 Å². The van der Waals surface area contributed by atoms with Crippen molar-refractivity contribution in [1.29, 1.82) is 0 Å². The van der Waals surface area contributed by atoms with Crippen molar-refractivity contribution in [2.45, 2.75) is 30.7 Å². The minimum Gasteiger partial charge on any atom is -0.356 e. The number of amides is 1. The summed E-state index contributed by atoms with van der Waals surface area (Å²) in [6, 6.07) is 15.0. The standard InChI is InChI=1S/C22H22ClN3O2S/c1-15(21(28)18-5-3-17(4-6-18)11-12-24-16(2)27)29-22-25-13-14-26(22)20-9-7-19(23)8-10-20/h3-10,13-15H,11-12H2,1-2H3,(H,24,27)/t15-/m0/s1. The summed E-state index contributed by atoms with van der Waals surface area (Å²) >= 11 is 7.39. The van der Waals surface area contributed by atoms with Crippen LogP contribution in [-0.4, -0.2) is 33.0 Å². The van der Waals surface area contributed by atoms with Crippen molar-refractivity contribution in [2.24, 2.45) is 0 Å². The Morgan fingerprint density at radius 3 is 2.48 bits per heavy atom. The van der Waals surface area contributed by atoms with Crippen LogP contribution in [0.25, 0.3) is 5.69 Å². The molecular weight excluding hydrogens is 406 g/mol. The Bertz CT molecular complexity index is 984. The zero-order chi connectivity index (χ0) is 20.8. The molecule has 7 heteroatoms. The lowest BCUT2D eigenvalue weighted by Gasteiger charge is -2.12. The van der Waals surface area contributed by atoms with Gasteiger partial charge in [-0.3, -0.25) is 14.2 Å². The summed E-state index contributed by atoms with van der Waals surface area (Å²) in [7, 11) is 0. The van der Waals surface area contributed by atoms with Gasteiger partial charge in [0.15, 0.2) is 10.9 Å². The molecule has 5 nitrogen and oxygen atoms in total. The molecule has 1 aromatic heterocycles. The van der Waals surface area contributed by atoms with Gasteiger partial charge in [0.05, 0.1) is 5.25 Å². The molecule has 0 aliphatic rings. The van der Waals surface area contributed by atoms with E-state index in [1.165, 1.54) is 18.7 Å². The molecule has 0 bridgehead atoms. The highest BCUT2D eigenvalue weighted by Crippen LogP contribution is 2.27. The molecule has 2 aromatic carbocycles. The molecule has 1 amide bonds. The topological polar surface area (TPSA) is 64.0 Å². The van der Waals surface area contributed by atoms with Gasteiger partial charge in [0, 0.05) is 42.1 Å². The fourth-order valence-corrected chi connectivity index (χ4v) is 3.93. The molecule has 3 rings (SSSR count). The molecule has 0 saturated heterocycles. The molecule has 1 atom stereocenters. The highest BCUT2D eigenvalue weighted by molar-refractivity contribution is 8.00. The van der Waals surface area contributed by atoms with Gasteiger partial charge in [-0.25, -0.2) is 4.98 Å². The van der Waals surface area contributed by atoms with Crippen LogP contribution in [0.5, 0.6) is 0 Å². The molecule has 0 saturated carbocycles. The highest BCUT2D eigenvalue weighted by atomic mass is 35.5. The number of nitrogens with one attached hydrogen (secondary N) is 1. The Hall–Kier alpha value is -2.57. The van der Waals surface area contributed by atoms with Crippen LogP contribution in [0.1, 0.15) is 29.8 Å². The number of nitrogens with zero attached hydrogens (tertiary/aromatic N) is 2. The Labute approximate surface area is 179 Å². The number of hydrogen-bond acceptors (Lipinski definition) is 4. The van der Waals surface area contributed by atoms with Gasteiger partial charge in [0.25, 0.3) is 0 Å². The Balaban J connectivity index is 1.65. The fraction of sp³-hybridized carbons (Fsp3) is 0.227. The van der Waals surface area contributed by atoms with E-state index >= 15 is 0 Å². The van der Waals surface area contributed by atoms with E-state index in [2.05, 4.69) is 10.3 Å². The van der Waals surface area contributed by atoms with Crippen molar-refractivity contribution in [3.05, 3.63) is 77.1 Å². The number of hydrogen-bond donors (Lipinski definition) is 1.